The minimum atomic E-state index is -3.94. The number of hydrogen-bond donors (Lipinski definition) is 6. The Morgan fingerprint density at radius 2 is 0.676 bits per heavy atom. The van der Waals surface area contributed by atoms with E-state index in [1.54, 1.807) is 38.1 Å². The van der Waals surface area contributed by atoms with Gasteiger partial charge in [0.1, 0.15) is 17.2 Å². The molecule has 810 valence electrons. The van der Waals surface area contributed by atoms with Crippen molar-refractivity contribution in [3.8, 4) is 17.2 Å². The molecule has 6 aromatic rings. The first kappa shape index (κ1) is 109. The summed E-state index contributed by atoms with van der Waals surface area (Å²) < 4.78 is 101. The Kier molecular flexibility index (Phi) is 33.3. The number of anilines is 3. The van der Waals surface area contributed by atoms with Gasteiger partial charge in [-0.2, -0.15) is 0 Å². The summed E-state index contributed by atoms with van der Waals surface area (Å²) in [5.41, 5.74) is 7.84. The average Bonchev–Trinajstić information content (AvgIpc) is 1.54. The number of β-amino-alcohol motifs (C(OH)–C–C–N with tert-alkyl or cyclic N) is 3. The molecule has 9 heterocycles. The molecular formula is C116H162Cl3N11O15S3. The number of likely N-dealkylation sites (N-methyl/N-ethyl adjacent to an activating group) is 2. The number of hydrogen-bond acceptors (Lipinski definition) is 23. The Hall–Kier alpha value is -7.04. The first-order valence-corrected chi connectivity index (χ1v) is 61.9. The molecule has 6 aliphatic carbocycles. The highest BCUT2D eigenvalue weighted by atomic mass is 35.5. The number of carbonyl (C=O) groups is 3. The lowest BCUT2D eigenvalue weighted by molar-refractivity contribution is -0.115. The van der Waals surface area contributed by atoms with Gasteiger partial charge in [-0.05, 0) is 352 Å². The fourth-order valence-corrected chi connectivity index (χ4v) is 33.2. The molecule has 32 heteroatoms. The number of fused-ring (bicyclic) bond motifs is 12. The van der Waals surface area contributed by atoms with Crippen LogP contribution in [0.15, 0.2) is 109 Å². The smallest absolute Gasteiger partial charge is 0.264 e. The molecule has 0 aromatic heterocycles. The van der Waals surface area contributed by atoms with E-state index >= 15 is 0 Å². The molecule has 26 nitrogen and oxygen atoms in total. The van der Waals surface area contributed by atoms with Gasteiger partial charge in [0.2, 0.25) is 20.0 Å². The standard InChI is InChI=1S/C40H57ClN4O4S.C39H55ClN4O5S.C37H50ClN3O6S/c1-5-43-18-20-44(21-19-43)26-40(47)17-6-8-28(2)29(3)50(4,48)42-38(46)31-11-15-37-36(23-31)45(24-32-10-13-35(32)40)25-39(27-49-37)16-7-9-30-22-33(41)12-14-34(30)39;1-4-42-17-19-43(20-18-42)25-39(46)16-5-7-27(2)28(3)50(47,48)41-37(45)30-10-14-36-35(22-30)44(23-31-9-12-34(31)39)24-38(26-49-36)15-6-8-29-21-32(40)11-13-33(29)38;1-25-5-3-14-37(43,23-40-15-17-46-18-16-40)32-10-7-29(32)21-41-22-36(13-4-6-27-19-30(38)9-11-31(27)36)24-47-34-12-8-28(20-33(34)41)35(42)39-48(44,45)26(25)2/h11-12,14-15,22-23,28-29,32,35,47H,4-10,13,16-21,24-27H2,1-3H3,(H,42,46,48);10-11,13-14,21-22,27-28,31,34,46H,4-9,12,15-20,23-26H2,1-3H3,(H,41,45);8-9,11-12,19-20,25-26,29,32,43H,3-7,10,13-18,21-24H2,1-2H3,(H,39,42)/t28-,29+,32-,35+,39-,40-,50?;27-,28+,31-,34+,38-,39+;25-,26+,29-,32+,36-,37+/m000/s1. The van der Waals surface area contributed by atoms with Crippen LogP contribution >= 0.6 is 34.8 Å². The van der Waals surface area contributed by atoms with Gasteiger partial charge in [-0.3, -0.25) is 33.8 Å². The zero-order valence-corrected chi connectivity index (χ0v) is 93.3. The maximum absolute atomic E-state index is 14.0. The molecule has 9 aliphatic heterocycles. The van der Waals surface area contributed by atoms with Crippen LogP contribution in [0.1, 0.15) is 255 Å². The number of halogens is 3. The molecule has 6 N–H and O–H groups in total. The second-order valence-corrected chi connectivity index (χ2v) is 55.4. The lowest BCUT2D eigenvalue weighted by Gasteiger charge is -2.52. The Labute approximate surface area is 895 Å². The van der Waals surface area contributed by atoms with Crippen molar-refractivity contribution in [1.82, 2.24) is 38.7 Å². The molecule has 3 saturated heterocycles. The Bertz CT molecular complexity index is 5900. The molecule has 3 spiro atoms. The third-order valence-corrected chi connectivity index (χ3v) is 45.3. The quantitative estimate of drug-likeness (QED) is 0.0772. The van der Waals surface area contributed by atoms with Gasteiger partial charge >= 0.3 is 0 Å². The molecule has 6 bridgehead atoms. The molecule has 3 amide bonds. The molecule has 21 rings (SSSR count). The minimum Gasteiger partial charge on any atom is -0.490 e. The van der Waals surface area contributed by atoms with Crippen LogP contribution < -0.4 is 43.1 Å². The van der Waals surface area contributed by atoms with Crippen molar-refractivity contribution in [2.45, 2.75) is 258 Å². The maximum Gasteiger partial charge on any atom is 0.264 e. The van der Waals surface area contributed by atoms with Crippen LogP contribution in [-0.4, -0.2) is 287 Å². The van der Waals surface area contributed by atoms with Gasteiger partial charge in [0, 0.05) is 178 Å². The van der Waals surface area contributed by atoms with E-state index in [0.717, 1.165) is 252 Å². The van der Waals surface area contributed by atoms with Crippen molar-refractivity contribution in [3.63, 3.8) is 0 Å². The number of nitrogens with zero attached hydrogens (tertiary/aromatic N) is 8. The number of amides is 3. The molecule has 6 aromatic carbocycles. The summed E-state index contributed by atoms with van der Waals surface area (Å²) in [7, 11) is -10.8. The van der Waals surface area contributed by atoms with Crippen LogP contribution in [-0.2, 0) is 70.0 Å². The Morgan fingerprint density at radius 1 is 0.372 bits per heavy atom. The maximum atomic E-state index is 14.0. The summed E-state index contributed by atoms with van der Waals surface area (Å²) in [5.74, 6) is 5.57. The van der Waals surface area contributed by atoms with Crippen LogP contribution in [0.25, 0.3) is 0 Å². The molecule has 1 unspecified atom stereocenters. The monoisotopic (exact) mass is 2150 g/mol. The molecule has 3 saturated carbocycles. The lowest BCUT2D eigenvalue weighted by Crippen LogP contribution is -2.59. The second-order valence-electron chi connectivity index (χ2n) is 47.6. The predicted octanol–water partition coefficient (Wildman–Crippen LogP) is 16.4. The number of aryl methyl sites for hydroxylation is 3. The fourth-order valence-electron chi connectivity index (χ4n) is 28.4. The van der Waals surface area contributed by atoms with E-state index in [9.17, 15) is 50.7 Å². The molecule has 148 heavy (non-hydrogen) atoms. The van der Waals surface area contributed by atoms with Crippen LogP contribution in [0.3, 0.4) is 0 Å². The first-order chi connectivity index (χ1) is 70.7. The van der Waals surface area contributed by atoms with Gasteiger partial charge in [0.05, 0.1) is 87.1 Å². The highest BCUT2D eigenvalue weighted by Crippen LogP contribution is 2.56. The summed E-state index contributed by atoms with van der Waals surface area (Å²) >= 11 is 19.4. The van der Waals surface area contributed by atoms with E-state index in [1.165, 1.54) is 33.4 Å². The van der Waals surface area contributed by atoms with Crippen molar-refractivity contribution < 1.29 is 69.7 Å². The highest BCUT2D eigenvalue weighted by molar-refractivity contribution is 7.99. The molecule has 19 atom stereocenters. The van der Waals surface area contributed by atoms with Crippen molar-refractivity contribution in [2.75, 3.05) is 185 Å². The van der Waals surface area contributed by atoms with E-state index < -0.39 is 68.9 Å². The number of rotatable bonds is 8. The van der Waals surface area contributed by atoms with Gasteiger partial charge in [-0.15, -0.1) is 0 Å². The number of morpholine rings is 1. The normalized spacial score (nSPS) is 34.5. The van der Waals surface area contributed by atoms with Gasteiger partial charge < -0.3 is 58.8 Å². The molecule has 6 fully saturated rings. The lowest BCUT2D eigenvalue weighted by atomic mass is 9.62. The van der Waals surface area contributed by atoms with Crippen molar-refractivity contribution >= 4 is 105 Å². The summed E-state index contributed by atoms with van der Waals surface area (Å²) in [6, 6.07) is 35.0. The van der Waals surface area contributed by atoms with Crippen LogP contribution in [0.4, 0.5) is 17.1 Å². The van der Waals surface area contributed by atoms with Crippen molar-refractivity contribution in [2.24, 2.45) is 53.3 Å². The van der Waals surface area contributed by atoms with Gasteiger partial charge in [-0.25, -0.2) is 30.5 Å². The third kappa shape index (κ3) is 23.3. The zero-order valence-electron chi connectivity index (χ0n) is 88.6. The fraction of sp³-hybridized carbons (Fsp3) is 0.655. The van der Waals surface area contributed by atoms with Crippen LogP contribution in [0, 0.1) is 53.3 Å². The summed E-state index contributed by atoms with van der Waals surface area (Å²) in [5, 5.41) is 38.6. The predicted molar refractivity (Wildman–Crippen MR) is 591 cm³/mol. The SMILES string of the molecule is C=S1(=O)NC(=O)c2ccc3c(c2)N(C[C@@H]2CC[C@H]2[C@@](O)(CN2CCN(CC)CC2)CCC[C@H](C)[C@H]1C)C[C@@]1(CCCc2cc(Cl)ccc21)CO3.CCN1CCN(C[C@]2(O)CCC[C@H](C)[C@@H](C)S(=O)(=O)NC(=O)c3ccc4c(c3)N(C[C@@H]3CC[C@H]32)C[C@@]2(CCCc3cc(Cl)ccc32)CO4)CC1.C[C@@H]1[C@@H](C)CCC[C@@](O)(CN2CCOCC2)[C@@H]2CC[C@H]2CN2C[C@@]3(CCCc4cc(Cl)ccc43)COc3ccc(cc32)C(=O)NS1(=O)=O. The second kappa shape index (κ2) is 45.0. The molecule has 0 radical (unpaired) electrons. The van der Waals surface area contributed by atoms with Crippen LogP contribution in [0.2, 0.25) is 15.1 Å². The van der Waals surface area contributed by atoms with Gasteiger partial charge in [0.25, 0.3) is 17.7 Å². The highest BCUT2D eigenvalue weighted by Gasteiger charge is 2.56. The summed E-state index contributed by atoms with van der Waals surface area (Å²) in [6.07, 6.45) is 21.4. The number of benzene rings is 6. The topological polar surface area (TPSA) is 296 Å². The van der Waals surface area contributed by atoms with E-state index in [1.807, 2.05) is 69.3 Å². The first-order valence-electron chi connectivity index (χ1n) is 55.8. The van der Waals surface area contributed by atoms with E-state index in [0.29, 0.717) is 145 Å². The number of nitrogens with one attached hydrogen (secondary N) is 3. The minimum absolute atomic E-state index is 0.0723. The van der Waals surface area contributed by atoms with E-state index in [-0.39, 0.29) is 74.7 Å². The molecule has 15 aliphatic rings. The Morgan fingerprint density at radius 3 is 0.986 bits per heavy atom. The number of sulfonamides is 2. The van der Waals surface area contributed by atoms with E-state index in [4.69, 9.17) is 53.8 Å². The summed E-state index contributed by atoms with van der Waals surface area (Å²) in [6.45, 7) is 36.6. The number of ether oxygens (including phenoxy) is 4. The van der Waals surface area contributed by atoms with Gasteiger partial charge in [0.15, 0.2) is 0 Å². The zero-order chi connectivity index (χ0) is 104. The van der Waals surface area contributed by atoms with Gasteiger partial charge in [-0.1, -0.05) is 107 Å². The number of carbonyl (C=O) groups excluding carboxylic acids is 3. The summed E-state index contributed by atoms with van der Waals surface area (Å²) in [4.78, 5) is 60.3. The van der Waals surface area contributed by atoms with Crippen molar-refractivity contribution in [1.29, 1.82) is 0 Å². The third-order valence-electron chi connectivity index (χ3n) is 38.5. The number of aliphatic hydroxyl groups is 3. The molecular weight excluding hydrogens is 1990 g/mol. The largest absolute Gasteiger partial charge is 0.490 e. The van der Waals surface area contributed by atoms with Crippen LogP contribution in [0.5, 0.6) is 17.2 Å². The van der Waals surface area contributed by atoms with Crippen molar-refractivity contribution in [3.05, 3.63) is 174 Å². The van der Waals surface area contributed by atoms with E-state index in [2.05, 4.69) is 116 Å². The average molecular weight is 2150 g/mol. The Balaban J connectivity index is 0.000000140. The number of piperazine rings is 2.